The van der Waals surface area contributed by atoms with E-state index in [1.54, 1.807) is 4.90 Å². The van der Waals surface area contributed by atoms with Crippen LogP contribution >= 0.6 is 11.6 Å². The van der Waals surface area contributed by atoms with Gasteiger partial charge in [-0.1, -0.05) is 41.9 Å². The number of anilines is 1. The maximum atomic E-state index is 13.0. The van der Waals surface area contributed by atoms with Gasteiger partial charge in [0.25, 0.3) is 0 Å². The number of nitrogens with one attached hydrogen (secondary N) is 1. The number of hydrogen-bond acceptors (Lipinski definition) is 3. The summed E-state index contributed by atoms with van der Waals surface area (Å²) >= 11 is 6.01. The van der Waals surface area contributed by atoms with Gasteiger partial charge in [-0.15, -0.1) is 0 Å². The Hall–Kier alpha value is -2.37. The van der Waals surface area contributed by atoms with Gasteiger partial charge in [0.2, 0.25) is 11.8 Å². The van der Waals surface area contributed by atoms with Crippen molar-refractivity contribution in [2.24, 2.45) is 0 Å². The van der Waals surface area contributed by atoms with Gasteiger partial charge < -0.3 is 15.1 Å². The van der Waals surface area contributed by atoms with Crippen molar-refractivity contribution >= 4 is 29.1 Å². The number of halogens is 1. The second-order valence-electron chi connectivity index (χ2n) is 8.30. The number of fused-ring (bicyclic) bond motifs is 1. The van der Waals surface area contributed by atoms with Crippen LogP contribution in [0.1, 0.15) is 37.4 Å². The summed E-state index contributed by atoms with van der Waals surface area (Å²) in [5, 5.41) is 3.77. The lowest BCUT2D eigenvalue weighted by Crippen LogP contribution is -2.44. The molecule has 0 radical (unpaired) electrons. The average Bonchev–Trinajstić information content (AvgIpc) is 2.87. The Morgan fingerprint density at radius 1 is 1.14 bits per heavy atom. The van der Waals surface area contributed by atoms with Gasteiger partial charge in [-0.2, -0.15) is 0 Å². The van der Waals surface area contributed by atoms with Gasteiger partial charge in [0.1, 0.15) is 6.54 Å². The van der Waals surface area contributed by atoms with Crippen LogP contribution in [-0.4, -0.2) is 43.9 Å². The SMILES string of the molecule is CN(C)CCC(NC(=O)CN1C(=O)C(C)(C)c2ccccc21)c1ccc(Cl)cc1. The van der Waals surface area contributed by atoms with E-state index in [0.717, 1.165) is 29.8 Å². The summed E-state index contributed by atoms with van der Waals surface area (Å²) in [7, 11) is 4.01. The highest BCUT2D eigenvalue weighted by Crippen LogP contribution is 2.41. The molecular formula is C23H28ClN3O2. The van der Waals surface area contributed by atoms with Crippen LogP contribution in [0.25, 0.3) is 0 Å². The summed E-state index contributed by atoms with van der Waals surface area (Å²) in [6.07, 6.45) is 0.760. The first-order chi connectivity index (χ1) is 13.7. The van der Waals surface area contributed by atoms with Crippen LogP contribution in [-0.2, 0) is 15.0 Å². The molecule has 2 aromatic carbocycles. The van der Waals surface area contributed by atoms with Gasteiger partial charge in [-0.05, 0) is 70.2 Å². The normalized spacial score (nSPS) is 16.1. The van der Waals surface area contributed by atoms with E-state index in [2.05, 4.69) is 10.2 Å². The lowest BCUT2D eigenvalue weighted by molar-refractivity contribution is -0.126. The average molecular weight is 414 g/mol. The molecule has 154 valence electrons. The predicted octanol–water partition coefficient (Wildman–Crippen LogP) is 3.77. The highest BCUT2D eigenvalue weighted by molar-refractivity contribution is 6.30. The molecule has 0 fully saturated rings. The van der Waals surface area contributed by atoms with E-state index in [0.29, 0.717) is 5.02 Å². The molecule has 0 spiro atoms. The Balaban J connectivity index is 1.76. The molecule has 1 atom stereocenters. The van der Waals surface area contributed by atoms with E-state index in [-0.39, 0.29) is 24.4 Å². The highest BCUT2D eigenvalue weighted by Gasteiger charge is 2.44. The van der Waals surface area contributed by atoms with E-state index >= 15 is 0 Å². The van der Waals surface area contributed by atoms with Gasteiger partial charge >= 0.3 is 0 Å². The Morgan fingerprint density at radius 3 is 2.45 bits per heavy atom. The standard InChI is InChI=1S/C23H28ClN3O2/c1-23(2)18-7-5-6-8-20(18)27(22(23)29)15-21(28)25-19(13-14-26(3)4)16-9-11-17(24)12-10-16/h5-12,19H,13-15H2,1-4H3,(H,25,28). The van der Waals surface area contributed by atoms with Gasteiger partial charge in [-0.25, -0.2) is 0 Å². The molecule has 0 bridgehead atoms. The van der Waals surface area contributed by atoms with Gasteiger partial charge in [-0.3, -0.25) is 9.59 Å². The number of hydrogen-bond donors (Lipinski definition) is 1. The zero-order valence-corrected chi connectivity index (χ0v) is 18.2. The van der Waals surface area contributed by atoms with Crippen LogP contribution < -0.4 is 10.2 Å². The Bertz CT molecular complexity index is 893. The number of nitrogens with zero attached hydrogens (tertiary/aromatic N) is 2. The van der Waals surface area contributed by atoms with E-state index in [4.69, 9.17) is 11.6 Å². The van der Waals surface area contributed by atoms with Crippen molar-refractivity contribution in [3.8, 4) is 0 Å². The van der Waals surface area contributed by atoms with Crippen LogP contribution in [0.3, 0.4) is 0 Å². The molecule has 1 N–H and O–H groups in total. The van der Waals surface area contributed by atoms with Gasteiger partial charge in [0, 0.05) is 10.7 Å². The molecule has 0 saturated heterocycles. The van der Waals surface area contributed by atoms with Crippen LogP contribution in [0.15, 0.2) is 48.5 Å². The summed E-state index contributed by atoms with van der Waals surface area (Å²) in [4.78, 5) is 29.5. The van der Waals surface area contributed by atoms with Crippen LogP contribution in [0.2, 0.25) is 5.02 Å². The lowest BCUT2D eigenvalue weighted by atomic mass is 9.86. The van der Waals surface area contributed by atoms with Crippen LogP contribution in [0.5, 0.6) is 0 Å². The first-order valence-electron chi connectivity index (χ1n) is 9.81. The van der Waals surface area contributed by atoms with Crippen molar-refractivity contribution in [2.45, 2.75) is 31.7 Å². The first kappa shape index (κ1) is 21.3. The van der Waals surface area contributed by atoms with E-state index in [1.165, 1.54) is 0 Å². The van der Waals surface area contributed by atoms with Crippen molar-refractivity contribution in [2.75, 3.05) is 32.1 Å². The largest absolute Gasteiger partial charge is 0.348 e. The molecule has 1 aliphatic heterocycles. The van der Waals surface area contributed by atoms with Crippen LogP contribution in [0, 0.1) is 0 Å². The lowest BCUT2D eigenvalue weighted by Gasteiger charge is -2.24. The van der Waals surface area contributed by atoms with Crippen LogP contribution in [0.4, 0.5) is 5.69 Å². The van der Waals surface area contributed by atoms with Crippen molar-refractivity contribution in [3.63, 3.8) is 0 Å². The molecule has 0 saturated carbocycles. The summed E-state index contributed by atoms with van der Waals surface area (Å²) < 4.78 is 0. The second-order valence-corrected chi connectivity index (χ2v) is 8.73. The number of carbonyl (C=O) groups excluding carboxylic acids is 2. The van der Waals surface area contributed by atoms with Crippen molar-refractivity contribution < 1.29 is 9.59 Å². The molecule has 2 aromatic rings. The fraction of sp³-hybridized carbons (Fsp3) is 0.391. The maximum Gasteiger partial charge on any atom is 0.240 e. The number of carbonyl (C=O) groups is 2. The quantitative estimate of drug-likeness (QED) is 0.751. The first-order valence-corrected chi connectivity index (χ1v) is 10.2. The molecule has 1 heterocycles. The van der Waals surface area contributed by atoms with E-state index in [9.17, 15) is 9.59 Å². The van der Waals surface area contributed by atoms with Gasteiger partial charge in [0.05, 0.1) is 11.5 Å². The number of rotatable bonds is 7. The minimum Gasteiger partial charge on any atom is -0.348 e. The minimum atomic E-state index is -0.628. The predicted molar refractivity (Wildman–Crippen MR) is 117 cm³/mol. The minimum absolute atomic E-state index is 0.00529. The Morgan fingerprint density at radius 2 is 1.79 bits per heavy atom. The molecule has 3 rings (SSSR count). The summed E-state index contributed by atoms with van der Waals surface area (Å²) in [6, 6.07) is 15.1. The molecule has 6 heteroatoms. The smallest absolute Gasteiger partial charge is 0.240 e. The topological polar surface area (TPSA) is 52.7 Å². The van der Waals surface area contributed by atoms with Crippen molar-refractivity contribution in [3.05, 3.63) is 64.7 Å². The third kappa shape index (κ3) is 4.62. The molecule has 1 aliphatic rings. The molecule has 2 amide bonds. The zero-order valence-electron chi connectivity index (χ0n) is 17.4. The zero-order chi connectivity index (χ0) is 21.2. The van der Waals surface area contributed by atoms with E-state index < -0.39 is 5.41 Å². The van der Waals surface area contributed by atoms with Gasteiger partial charge in [0.15, 0.2) is 0 Å². The summed E-state index contributed by atoms with van der Waals surface area (Å²) in [5.74, 6) is -0.227. The Kier molecular flexibility index (Phi) is 6.30. The molecule has 0 aromatic heterocycles. The molecule has 29 heavy (non-hydrogen) atoms. The number of benzene rings is 2. The molecular weight excluding hydrogens is 386 g/mol. The third-order valence-electron chi connectivity index (χ3n) is 5.42. The second kappa shape index (κ2) is 8.56. The number of amides is 2. The fourth-order valence-electron chi connectivity index (χ4n) is 3.74. The molecule has 1 unspecified atom stereocenters. The maximum absolute atomic E-state index is 13.0. The van der Waals surface area contributed by atoms with Crippen molar-refractivity contribution in [1.29, 1.82) is 0 Å². The molecule has 0 aliphatic carbocycles. The molecule has 5 nitrogen and oxygen atoms in total. The Labute approximate surface area is 177 Å². The summed E-state index contributed by atoms with van der Waals surface area (Å²) in [5.41, 5.74) is 2.14. The third-order valence-corrected chi connectivity index (χ3v) is 5.67. The van der Waals surface area contributed by atoms with E-state index in [1.807, 2.05) is 76.5 Å². The monoisotopic (exact) mass is 413 g/mol. The number of para-hydroxylation sites is 1. The summed E-state index contributed by atoms with van der Waals surface area (Å²) in [6.45, 7) is 4.64. The highest BCUT2D eigenvalue weighted by atomic mass is 35.5. The van der Waals surface area contributed by atoms with Crippen molar-refractivity contribution in [1.82, 2.24) is 10.2 Å². The fourth-order valence-corrected chi connectivity index (χ4v) is 3.87.